The molecule has 0 radical (unpaired) electrons. The van der Waals surface area contributed by atoms with Crippen molar-refractivity contribution in [3.63, 3.8) is 0 Å². The number of hydrogen-bond donors (Lipinski definition) is 2. The number of rotatable bonds is 4. The summed E-state index contributed by atoms with van der Waals surface area (Å²) in [5, 5.41) is 14.2. The SMILES string of the molecule is Cc1ccsc1C(=O)NC[C@H](O)c1ccccc1C(F)(F)F. The summed E-state index contributed by atoms with van der Waals surface area (Å²) in [7, 11) is 0. The molecule has 2 N–H and O–H groups in total. The topological polar surface area (TPSA) is 49.3 Å². The van der Waals surface area contributed by atoms with Gasteiger partial charge in [0.1, 0.15) is 0 Å². The maximum absolute atomic E-state index is 12.9. The predicted molar refractivity (Wildman–Crippen MR) is 77.8 cm³/mol. The number of carbonyl (C=O) groups excluding carboxylic acids is 1. The zero-order valence-corrected chi connectivity index (χ0v) is 12.5. The Morgan fingerprint density at radius 2 is 2.00 bits per heavy atom. The second kappa shape index (κ2) is 6.50. The molecule has 0 saturated heterocycles. The molecule has 0 fully saturated rings. The Bertz CT molecular complexity index is 667. The van der Waals surface area contributed by atoms with E-state index in [0.717, 1.165) is 11.6 Å². The van der Waals surface area contributed by atoms with E-state index < -0.39 is 23.8 Å². The standard InChI is InChI=1S/C15H14F3NO2S/c1-9-6-7-22-13(9)14(21)19-8-12(20)10-4-2-3-5-11(10)15(16,17)18/h2-7,12,20H,8H2,1H3,(H,19,21)/t12-/m0/s1. The molecule has 0 spiro atoms. The lowest BCUT2D eigenvalue weighted by molar-refractivity contribution is -0.139. The van der Waals surface area contributed by atoms with Gasteiger partial charge in [0.15, 0.2) is 0 Å². The fourth-order valence-electron chi connectivity index (χ4n) is 2.03. The van der Waals surface area contributed by atoms with Gasteiger partial charge in [0.2, 0.25) is 0 Å². The van der Waals surface area contributed by atoms with Crippen molar-refractivity contribution in [2.75, 3.05) is 6.54 Å². The van der Waals surface area contributed by atoms with Crippen LogP contribution in [0.1, 0.15) is 32.5 Å². The highest BCUT2D eigenvalue weighted by atomic mass is 32.1. The number of aliphatic hydroxyl groups is 1. The molecule has 0 saturated carbocycles. The Morgan fingerprint density at radius 3 is 2.59 bits per heavy atom. The van der Waals surface area contributed by atoms with Gasteiger partial charge in [0.05, 0.1) is 16.5 Å². The summed E-state index contributed by atoms with van der Waals surface area (Å²) in [4.78, 5) is 12.4. The fraction of sp³-hybridized carbons (Fsp3) is 0.267. The average Bonchev–Trinajstić information content (AvgIpc) is 2.89. The van der Waals surface area contributed by atoms with Crippen molar-refractivity contribution in [3.05, 3.63) is 57.3 Å². The van der Waals surface area contributed by atoms with E-state index in [1.54, 1.807) is 18.4 Å². The van der Waals surface area contributed by atoms with Gasteiger partial charge in [0, 0.05) is 6.54 Å². The van der Waals surface area contributed by atoms with Gasteiger partial charge in [0.25, 0.3) is 5.91 Å². The molecule has 0 bridgehead atoms. The maximum Gasteiger partial charge on any atom is 0.416 e. The largest absolute Gasteiger partial charge is 0.416 e. The molecule has 0 aliphatic rings. The van der Waals surface area contributed by atoms with Gasteiger partial charge in [-0.15, -0.1) is 11.3 Å². The molecule has 3 nitrogen and oxygen atoms in total. The van der Waals surface area contributed by atoms with E-state index in [1.165, 1.54) is 29.5 Å². The number of aryl methyl sites for hydroxylation is 1. The van der Waals surface area contributed by atoms with Gasteiger partial charge in [-0.2, -0.15) is 13.2 Å². The summed E-state index contributed by atoms with van der Waals surface area (Å²) >= 11 is 1.24. The van der Waals surface area contributed by atoms with Crippen LogP contribution in [0.5, 0.6) is 0 Å². The summed E-state index contributed by atoms with van der Waals surface area (Å²) in [6.45, 7) is 1.48. The third kappa shape index (κ3) is 3.66. The Kier molecular flexibility index (Phi) is 4.87. The van der Waals surface area contributed by atoms with Crippen molar-refractivity contribution < 1.29 is 23.1 Å². The molecule has 2 aromatic rings. The van der Waals surface area contributed by atoms with Crippen LogP contribution in [0, 0.1) is 6.92 Å². The lowest BCUT2D eigenvalue weighted by Gasteiger charge is -2.17. The summed E-state index contributed by atoms with van der Waals surface area (Å²) in [5.41, 5.74) is -0.366. The Hall–Kier alpha value is -1.86. The van der Waals surface area contributed by atoms with Crippen molar-refractivity contribution >= 4 is 17.2 Å². The molecular weight excluding hydrogens is 315 g/mol. The molecule has 1 amide bonds. The maximum atomic E-state index is 12.9. The van der Waals surface area contributed by atoms with Crippen LogP contribution in [-0.2, 0) is 6.18 Å². The van der Waals surface area contributed by atoms with Gasteiger partial charge in [-0.05, 0) is 35.6 Å². The average molecular weight is 329 g/mol. The number of hydrogen-bond acceptors (Lipinski definition) is 3. The van der Waals surface area contributed by atoms with Crippen LogP contribution >= 0.6 is 11.3 Å². The van der Waals surface area contributed by atoms with Gasteiger partial charge >= 0.3 is 6.18 Å². The molecule has 1 aromatic carbocycles. The number of alkyl halides is 3. The number of halogens is 3. The summed E-state index contributed by atoms with van der Waals surface area (Å²) < 4.78 is 38.7. The van der Waals surface area contributed by atoms with Crippen molar-refractivity contribution in [2.24, 2.45) is 0 Å². The highest BCUT2D eigenvalue weighted by molar-refractivity contribution is 7.12. The van der Waals surface area contributed by atoms with E-state index in [-0.39, 0.29) is 12.1 Å². The fourth-order valence-corrected chi connectivity index (χ4v) is 2.87. The lowest BCUT2D eigenvalue weighted by Crippen LogP contribution is -2.29. The minimum atomic E-state index is -4.55. The number of nitrogens with one attached hydrogen (secondary N) is 1. The van der Waals surface area contributed by atoms with Gasteiger partial charge < -0.3 is 10.4 Å². The normalized spacial score (nSPS) is 13.0. The van der Waals surface area contributed by atoms with E-state index in [2.05, 4.69) is 5.32 Å². The zero-order chi connectivity index (χ0) is 16.3. The third-order valence-electron chi connectivity index (χ3n) is 3.15. The van der Waals surface area contributed by atoms with Gasteiger partial charge in [-0.1, -0.05) is 18.2 Å². The van der Waals surface area contributed by atoms with Crippen LogP contribution in [0.15, 0.2) is 35.7 Å². The molecule has 1 heterocycles. The van der Waals surface area contributed by atoms with E-state index >= 15 is 0 Å². The first kappa shape index (κ1) is 16.5. The second-order valence-electron chi connectivity index (χ2n) is 4.74. The monoisotopic (exact) mass is 329 g/mol. The Labute approximate surface area is 129 Å². The molecule has 1 atom stereocenters. The molecule has 2 rings (SSSR count). The first-order valence-electron chi connectivity index (χ1n) is 6.47. The van der Waals surface area contributed by atoms with E-state index in [0.29, 0.717) is 4.88 Å². The van der Waals surface area contributed by atoms with Gasteiger partial charge in [-0.25, -0.2) is 0 Å². The second-order valence-corrected chi connectivity index (χ2v) is 5.66. The minimum Gasteiger partial charge on any atom is -0.387 e. The minimum absolute atomic E-state index is 0.252. The summed E-state index contributed by atoms with van der Waals surface area (Å²) in [6.07, 6.45) is -5.98. The van der Waals surface area contributed by atoms with Crippen LogP contribution < -0.4 is 5.32 Å². The van der Waals surface area contributed by atoms with Crippen molar-refractivity contribution in [1.29, 1.82) is 0 Å². The molecule has 0 aliphatic carbocycles. The first-order valence-corrected chi connectivity index (χ1v) is 7.35. The van der Waals surface area contributed by atoms with Gasteiger partial charge in [-0.3, -0.25) is 4.79 Å². The number of aliphatic hydroxyl groups excluding tert-OH is 1. The van der Waals surface area contributed by atoms with E-state index in [9.17, 15) is 23.1 Å². The first-order chi connectivity index (χ1) is 10.3. The number of benzene rings is 1. The Balaban J connectivity index is 2.09. The van der Waals surface area contributed by atoms with E-state index in [1.807, 2.05) is 0 Å². The van der Waals surface area contributed by atoms with Crippen molar-refractivity contribution in [1.82, 2.24) is 5.32 Å². The lowest BCUT2D eigenvalue weighted by atomic mass is 10.0. The van der Waals surface area contributed by atoms with Crippen molar-refractivity contribution in [2.45, 2.75) is 19.2 Å². The van der Waals surface area contributed by atoms with Crippen LogP contribution in [0.2, 0.25) is 0 Å². The molecule has 22 heavy (non-hydrogen) atoms. The highest BCUT2D eigenvalue weighted by Crippen LogP contribution is 2.34. The smallest absolute Gasteiger partial charge is 0.387 e. The number of carbonyl (C=O) groups is 1. The van der Waals surface area contributed by atoms with E-state index in [4.69, 9.17) is 0 Å². The summed E-state index contributed by atoms with van der Waals surface area (Å²) in [6, 6.07) is 6.56. The molecule has 118 valence electrons. The highest BCUT2D eigenvalue weighted by Gasteiger charge is 2.34. The Morgan fingerprint density at radius 1 is 1.32 bits per heavy atom. The van der Waals surface area contributed by atoms with Crippen LogP contribution in [0.4, 0.5) is 13.2 Å². The molecular formula is C15H14F3NO2S. The zero-order valence-electron chi connectivity index (χ0n) is 11.6. The van der Waals surface area contributed by atoms with Crippen molar-refractivity contribution in [3.8, 4) is 0 Å². The molecule has 0 aliphatic heterocycles. The quantitative estimate of drug-likeness (QED) is 0.901. The summed E-state index contributed by atoms with van der Waals surface area (Å²) in [5.74, 6) is -0.406. The number of thiophene rings is 1. The predicted octanol–water partition coefficient (Wildman–Crippen LogP) is 3.54. The molecule has 1 aromatic heterocycles. The van der Waals surface area contributed by atoms with Crippen LogP contribution in [0.3, 0.4) is 0 Å². The molecule has 7 heteroatoms. The van der Waals surface area contributed by atoms with Crippen LogP contribution in [-0.4, -0.2) is 17.6 Å². The molecule has 0 unspecified atom stereocenters. The number of amides is 1. The van der Waals surface area contributed by atoms with Crippen LogP contribution in [0.25, 0.3) is 0 Å². The third-order valence-corrected chi connectivity index (χ3v) is 4.16.